The number of amides is 1. The summed E-state index contributed by atoms with van der Waals surface area (Å²) < 4.78 is 17.5. The quantitative estimate of drug-likeness (QED) is 0.262. The van der Waals surface area contributed by atoms with Gasteiger partial charge in [0.25, 0.3) is 11.9 Å². The molecule has 0 bridgehead atoms. The summed E-state index contributed by atoms with van der Waals surface area (Å²) in [7, 11) is 1.54. The van der Waals surface area contributed by atoms with E-state index in [0.29, 0.717) is 55.3 Å². The molecule has 11 heteroatoms. The summed E-state index contributed by atoms with van der Waals surface area (Å²) in [4.78, 5) is 20.3. The van der Waals surface area contributed by atoms with E-state index in [0.717, 1.165) is 0 Å². The van der Waals surface area contributed by atoms with Crippen LogP contribution < -0.4 is 15.4 Å². The molecule has 0 unspecified atom stereocenters. The number of oxazole rings is 1. The Morgan fingerprint density at radius 1 is 1.09 bits per heavy atom. The number of rotatable bonds is 6. The van der Waals surface area contributed by atoms with Crippen LogP contribution in [0.25, 0.3) is 22.4 Å². The minimum Gasteiger partial charge on any atom is -0.457 e. The highest BCUT2D eigenvalue weighted by atomic mass is 79.9. The fraction of sp³-hybridized carbons (Fsp3) is 0.0435. The molecule has 0 aliphatic heterocycles. The Morgan fingerprint density at radius 3 is 2.74 bits per heavy atom. The van der Waals surface area contributed by atoms with Crippen LogP contribution in [0.1, 0.15) is 10.5 Å². The topological polar surface area (TPSA) is 115 Å². The Kier molecular flexibility index (Phi) is 5.91. The number of nitrogens with one attached hydrogen (secondary N) is 2. The molecular formula is C23H15BrClN5O4. The Balaban J connectivity index is 1.37. The maximum Gasteiger partial charge on any atom is 0.300 e. The Morgan fingerprint density at radius 2 is 1.94 bits per heavy atom. The highest BCUT2D eigenvalue weighted by molar-refractivity contribution is 9.10. The van der Waals surface area contributed by atoms with Gasteiger partial charge in [-0.3, -0.25) is 9.78 Å². The summed E-state index contributed by atoms with van der Waals surface area (Å²) in [6, 6.07) is 15.8. The second-order valence-corrected chi connectivity index (χ2v) is 8.26. The second-order valence-electron chi connectivity index (χ2n) is 7.04. The lowest BCUT2D eigenvalue weighted by molar-refractivity contribution is 0.0958. The van der Waals surface area contributed by atoms with Crippen LogP contribution in [-0.4, -0.2) is 28.1 Å². The third-order valence-electron chi connectivity index (χ3n) is 4.75. The molecule has 0 radical (unpaired) electrons. The van der Waals surface area contributed by atoms with Gasteiger partial charge in [-0.05, 0) is 52.3 Å². The van der Waals surface area contributed by atoms with Gasteiger partial charge in [0.15, 0.2) is 11.3 Å². The normalized spacial score (nSPS) is 10.9. The van der Waals surface area contributed by atoms with Crippen molar-refractivity contribution in [3.05, 3.63) is 76.1 Å². The van der Waals surface area contributed by atoms with Gasteiger partial charge in [0.05, 0.1) is 5.02 Å². The summed E-state index contributed by atoms with van der Waals surface area (Å²) in [6.07, 6.45) is 1.51. The van der Waals surface area contributed by atoms with Gasteiger partial charge in [-0.25, -0.2) is 0 Å². The lowest BCUT2D eigenvalue weighted by Gasteiger charge is -2.06. The molecule has 2 N–H and O–H groups in total. The van der Waals surface area contributed by atoms with Crippen molar-refractivity contribution < 1.29 is 18.5 Å². The number of ether oxygens (including phenoxy) is 1. The predicted octanol–water partition coefficient (Wildman–Crippen LogP) is 6.19. The highest BCUT2D eigenvalue weighted by Gasteiger charge is 2.13. The van der Waals surface area contributed by atoms with E-state index < -0.39 is 0 Å². The third-order valence-corrected chi connectivity index (χ3v) is 5.45. The van der Waals surface area contributed by atoms with Crippen LogP contribution in [0.15, 0.2) is 74.3 Å². The van der Waals surface area contributed by atoms with Crippen LogP contribution in [0.3, 0.4) is 0 Å². The molecule has 3 aromatic heterocycles. The molecule has 5 aromatic rings. The molecule has 34 heavy (non-hydrogen) atoms. The molecule has 0 atom stereocenters. The molecule has 0 aliphatic carbocycles. The highest BCUT2D eigenvalue weighted by Crippen LogP contribution is 2.34. The third kappa shape index (κ3) is 4.59. The summed E-state index contributed by atoms with van der Waals surface area (Å²) >= 11 is 9.58. The van der Waals surface area contributed by atoms with Crippen molar-refractivity contribution in [2.45, 2.75) is 0 Å². The van der Waals surface area contributed by atoms with Crippen molar-refractivity contribution in [2.24, 2.45) is 0 Å². The molecule has 0 fully saturated rings. The number of fused-ring (bicyclic) bond motifs is 1. The van der Waals surface area contributed by atoms with Crippen molar-refractivity contribution in [2.75, 3.05) is 12.4 Å². The van der Waals surface area contributed by atoms with Crippen LogP contribution in [0.2, 0.25) is 5.02 Å². The predicted molar refractivity (Wildman–Crippen MR) is 130 cm³/mol. The van der Waals surface area contributed by atoms with E-state index in [4.69, 9.17) is 25.3 Å². The van der Waals surface area contributed by atoms with Crippen molar-refractivity contribution in [3.8, 4) is 22.8 Å². The molecular weight excluding hydrogens is 526 g/mol. The number of carbonyl (C=O) groups is 1. The molecule has 9 nitrogen and oxygen atoms in total. The number of hydrogen-bond acceptors (Lipinski definition) is 8. The number of carbonyl (C=O) groups excluding carboxylic acids is 1. The first-order valence-corrected chi connectivity index (χ1v) is 11.1. The standard InChI is InChI=1S/C23H15BrClN5O4/c1-26-22(31)18-10-14(6-7-27-18)32-13-3-5-19-17(9-13)29-23(33-19)28-12-2-4-16(25)15(8-12)20-11-21(24)30-34-20/h2-11H,1H3,(H,26,31)(H,28,29). The summed E-state index contributed by atoms with van der Waals surface area (Å²) in [5.74, 6) is 1.23. The SMILES string of the molecule is CNC(=O)c1cc(Oc2ccc3oc(Nc4ccc(Cl)c(-c5cc(Br)no5)c4)nc3c2)ccn1. The number of aromatic nitrogens is 3. The van der Waals surface area contributed by atoms with Gasteiger partial charge in [0.1, 0.15) is 27.3 Å². The average Bonchev–Trinajstić information content (AvgIpc) is 3.45. The van der Waals surface area contributed by atoms with Gasteiger partial charge in [0.2, 0.25) is 0 Å². The number of nitrogens with zero attached hydrogens (tertiary/aromatic N) is 3. The number of halogens is 2. The van der Waals surface area contributed by atoms with E-state index in [-0.39, 0.29) is 11.6 Å². The maximum atomic E-state index is 11.8. The monoisotopic (exact) mass is 539 g/mol. The van der Waals surface area contributed by atoms with E-state index in [9.17, 15) is 4.79 Å². The molecule has 0 saturated carbocycles. The number of anilines is 2. The number of benzene rings is 2. The Labute approximate surface area is 206 Å². The van der Waals surface area contributed by atoms with Crippen molar-refractivity contribution >= 4 is 56.2 Å². The average molecular weight is 541 g/mol. The lowest BCUT2D eigenvalue weighted by Crippen LogP contribution is -2.18. The smallest absolute Gasteiger partial charge is 0.300 e. The fourth-order valence-corrected chi connectivity index (χ4v) is 3.67. The summed E-state index contributed by atoms with van der Waals surface area (Å²) in [5, 5.41) is 10.0. The Hall–Kier alpha value is -3.89. The lowest BCUT2D eigenvalue weighted by atomic mass is 10.1. The molecule has 0 spiro atoms. The minimum absolute atomic E-state index is 0.258. The second kappa shape index (κ2) is 9.16. The van der Waals surface area contributed by atoms with Crippen LogP contribution in [0.4, 0.5) is 11.7 Å². The first-order chi connectivity index (χ1) is 16.5. The fourth-order valence-electron chi connectivity index (χ4n) is 3.18. The van der Waals surface area contributed by atoms with Crippen molar-refractivity contribution in [1.29, 1.82) is 0 Å². The van der Waals surface area contributed by atoms with Gasteiger partial charge in [-0.15, -0.1) is 0 Å². The molecule has 3 heterocycles. The molecule has 2 aromatic carbocycles. The van der Waals surface area contributed by atoms with Crippen LogP contribution in [0, 0.1) is 0 Å². The van der Waals surface area contributed by atoms with Gasteiger partial charge in [0, 0.05) is 42.7 Å². The number of pyridine rings is 1. The zero-order valence-electron chi connectivity index (χ0n) is 17.5. The molecule has 0 aliphatic rings. The van der Waals surface area contributed by atoms with Crippen molar-refractivity contribution in [1.82, 2.24) is 20.4 Å². The molecule has 1 amide bonds. The molecule has 0 saturated heterocycles. The van der Waals surface area contributed by atoms with Gasteiger partial charge in [-0.2, -0.15) is 4.98 Å². The van der Waals surface area contributed by atoms with Gasteiger partial charge >= 0.3 is 0 Å². The maximum absolute atomic E-state index is 11.8. The summed E-state index contributed by atoms with van der Waals surface area (Å²) in [5.41, 5.74) is 2.80. The van der Waals surface area contributed by atoms with E-state index in [1.165, 1.54) is 6.20 Å². The van der Waals surface area contributed by atoms with Crippen LogP contribution >= 0.6 is 27.5 Å². The molecule has 5 rings (SSSR count). The van der Waals surface area contributed by atoms with Crippen molar-refractivity contribution in [3.63, 3.8) is 0 Å². The van der Waals surface area contributed by atoms with E-state index in [2.05, 4.69) is 41.7 Å². The summed E-state index contributed by atoms with van der Waals surface area (Å²) in [6.45, 7) is 0. The van der Waals surface area contributed by atoms with E-state index in [1.54, 1.807) is 55.6 Å². The minimum atomic E-state index is -0.297. The zero-order chi connectivity index (χ0) is 23.7. The van der Waals surface area contributed by atoms with Crippen LogP contribution in [-0.2, 0) is 0 Å². The first-order valence-electron chi connectivity index (χ1n) is 9.94. The van der Waals surface area contributed by atoms with E-state index in [1.807, 2.05) is 6.07 Å². The zero-order valence-corrected chi connectivity index (χ0v) is 19.8. The largest absolute Gasteiger partial charge is 0.457 e. The first kappa shape index (κ1) is 21.9. The van der Waals surface area contributed by atoms with Gasteiger partial charge < -0.3 is 24.3 Å². The molecule has 170 valence electrons. The number of hydrogen-bond donors (Lipinski definition) is 2. The van der Waals surface area contributed by atoms with E-state index >= 15 is 0 Å². The van der Waals surface area contributed by atoms with Crippen LogP contribution in [0.5, 0.6) is 11.5 Å². The van der Waals surface area contributed by atoms with Gasteiger partial charge in [-0.1, -0.05) is 16.8 Å². The Bertz CT molecular complexity index is 1520.